The summed E-state index contributed by atoms with van der Waals surface area (Å²) in [6.45, 7) is 2.38. The Bertz CT molecular complexity index is 371. The molecule has 74 valence electrons. The molecule has 0 amide bonds. The Balaban J connectivity index is 2.90. The molecule has 5 nitrogen and oxygen atoms in total. The SMILES string of the molecule is CCCOc1nsnc1S(C)(=O)=O. The van der Waals surface area contributed by atoms with Gasteiger partial charge in [0.25, 0.3) is 5.88 Å². The van der Waals surface area contributed by atoms with Crippen LogP contribution >= 0.6 is 11.7 Å². The van der Waals surface area contributed by atoms with Crippen molar-refractivity contribution in [3.63, 3.8) is 0 Å². The van der Waals surface area contributed by atoms with Crippen LogP contribution in [0.2, 0.25) is 0 Å². The Morgan fingerprint density at radius 3 is 2.69 bits per heavy atom. The van der Waals surface area contributed by atoms with Crippen molar-refractivity contribution in [1.82, 2.24) is 8.75 Å². The van der Waals surface area contributed by atoms with Crippen molar-refractivity contribution in [2.75, 3.05) is 12.9 Å². The van der Waals surface area contributed by atoms with E-state index in [9.17, 15) is 8.42 Å². The van der Waals surface area contributed by atoms with Crippen LogP contribution < -0.4 is 4.74 Å². The van der Waals surface area contributed by atoms with Crippen molar-refractivity contribution in [1.29, 1.82) is 0 Å². The molecule has 1 heterocycles. The first kappa shape index (κ1) is 10.4. The Kier molecular flexibility index (Phi) is 3.21. The predicted octanol–water partition coefficient (Wildman–Crippen LogP) is 0.730. The number of aromatic nitrogens is 2. The monoisotopic (exact) mass is 222 g/mol. The normalized spacial score (nSPS) is 11.5. The topological polar surface area (TPSA) is 69.2 Å². The summed E-state index contributed by atoms with van der Waals surface area (Å²) < 4.78 is 34.7. The van der Waals surface area contributed by atoms with Gasteiger partial charge in [-0.3, -0.25) is 0 Å². The van der Waals surface area contributed by atoms with E-state index < -0.39 is 9.84 Å². The average Bonchev–Trinajstić information content (AvgIpc) is 2.47. The van der Waals surface area contributed by atoms with E-state index in [0.29, 0.717) is 6.61 Å². The van der Waals surface area contributed by atoms with Crippen molar-refractivity contribution < 1.29 is 13.2 Å². The molecule has 0 bridgehead atoms. The lowest BCUT2D eigenvalue weighted by molar-refractivity contribution is 0.299. The first-order chi connectivity index (χ1) is 6.05. The summed E-state index contributed by atoms with van der Waals surface area (Å²) >= 11 is 0.839. The van der Waals surface area contributed by atoms with Crippen LogP contribution in [0.4, 0.5) is 0 Å². The number of nitrogens with zero attached hydrogens (tertiary/aromatic N) is 2. The molecule has 0 atom stereocenters. The summed E-state index contributed by atoms with van der Waals surface area (Å²) in [4.78, 5) is 0. The Morgan fingerprint density at radius 2 is 2.15 bits per heavy atom. The summed E-state index contributed by atoms with van der Waals surface area (Å²) in [6.07, 6.45) is 1.89. The fourth-order valence-electron chi connectivity index (χ4n) is 0.686. The zero-order chi connectivity index (χ0) is 9.90. The van der Waals surface area contributed by atoms with Crippen molar-refractivity contribution in [2.45, 2.75) is 18.4 Å². The van der Waals surface area contributed by atoms with E-state index in [1.165, 1.54) is 0 Å². The van der Waals surface area contributed by atoms with E-state index in [1.54, 1.807) is 0 Å². The van der Waals surface area contributed by atoms with Crippen molar-refractivity contribution in [3.8, 4) is 5.88 Å². The van der Waals surface area contributed by atoms with Gasteiger partial charge in [-0.1, -0.05) is 6.92 Å². The first-order valence-corrected chi connectivity index (χ1v) is 6.33. The molecule has 0 N–H and O–H groups in total. The van der Waals surface area contributed by atoms with Gasteiger partial charge in [0.2, 0.25) is 5.03 Å². The molecule has 0 aromatic carbocycles. The summed E-state index contributed by atoms with van der Waals surface area (Å²) in [6, 6.07) is 0. The summed E-state index contributed by atoms with van der Waals surface area (Å²) in [5, 5.41) is -0.0639. The molecule has 0 aliphatic carbocycles. The zero-order valence-corrected chi connectivity index (χ0v) is 8.98. The van der Waals surface area contributed by atoms with Crippen LogP contribution in [0.5, 0.6) is 5.88 Å². The Hall–Kier alpha value is -0.690. The Morgan fingerprint density at radius 1 is 1.46 bits per heavy atom. The molecule has 0 aliphatic heterocycles. The highest BCUT2D eigenvalue weighted by Crippen LogP contribution is 2.20. The molecule has 0 fully saturated rings. The number of ether oxygens (including phenoxy) is 1. The molecular formula is C6H10N2O3S2. The van der Waals surface area contributed by atoms with Gasteiger partial charge in [-0.05, 0) is 6.42 Å². The molecule has 13 heavy (non-hydrogen) atoms. The third-order valence-electron chi connectivity index (χ3n) is 1.22. The van der Waals surface area contributed by atoms with Gasteiger partial charge in [-0.15, -0.1) is 4.37 Å². The van der Waals surface area contributed by atoms with E-state index in [0.717, 1.165) is 24.4 Å². The molecular weight excluding hydrogens is 212 g/mol. The fourth-order valence-corrected chi connectivity index (χ4v) is 2.21. The molecule has 0 spiro atoms. The second-order valence-corrected chi connectivity index (χ2v) is 4.95. The first-order valence-electron chi connectivity index (χ1n) is 3.71. The highest BCUT2D eigenvalue weighted by Gasteiger charge is 2.19. The van der Waals surface area contributed by atoms with Gasteiger partial charge in [-0.2, -0.15) is 4.37 Å². The summed E-state index contributed by atoms with van der Waals surface area (Å²) in [5.74, 6) is 0.120. The highest BCUT2D eigenvalue weighted by atomic mass is 32.2. The predicted molar refractivity (Wildman–Crippen MR) is 48.8 cm³/mol. The maximum Gasteiger partial charge on any atom is 0.265 e. The molecule has 1 rings (SSSR count). The minimum absolute atomic E-state index is 0.0639. The van der Waals surface area contributed by atoms with E-state index in [1.807, 2.05) is 6.92 Å². The van der Waals surface area contributed by atoms with Gasteiger partial charge in [-0.25, -0.2) is 8.42 Å². The summed E-state index contributed by atoms with van der Waals surface area (Å²) in [7, 11) is -3.31. The quantitative estimate of drug-likeness (QED) is 0.751. The standard InChI is InChI=1S/C6H10N2O3S2/c1-3-4-11-5-6(8-12-7-5)13(2,9)10/h3-4H2,1-2H3. The van der Waals surface area contributed by atoms with Crippen LogP contribution in [0.3, 0.4) is 0 Å². The number of sulfone groups is 1. The molecule has 0 saturated heterocycles. The maximum absolute atomic E-state index is 11.1. The van der Waals surface area contributed by atoms with Crippen molar-refractivity contribution >= 4 is 21.6 Å². The van der Waals surface area contributed by atoms with Crippen LogP contribution in [0.25, 0.3) is 0 Å². The molecule has 0 saturated carbocycles. The van der Waals surface area contributed by atoms with Gasteiger partial charge in [0.05, 0.1) is 18.3 Å². The summed E-state index contributed by atoms with van der Waals surface area (Å²) in [5.41, 5.74) is 0. The van der Waals surface area contributed by atoms with E-state index in [-0.39, 0.29) is 10.9 Å². The molecule has 7 heteroatoms. The Labute approximate surface area is 81.0 Å². The van der Waals surface area contributed by atoms with Gasteiger partial charge in [0.1, 0.15) is 0 Å². The molecule has 0 unspecified atom stereocenters. The van der Waals surface area contributed by atoms with E-state index in [2.05, 4.69) is 8.75 Å². The minimum atomic E-state index is -3.31. The van der Waals surface area contributed by atoms with E-state index >= 15 is 0 Å². The van der Waals surface area contributed by atoms with Crippen LogP contribution in [0.1, 0.15) is 13.3 Å². The lowest BCUT2D eigenvalue weighted by Crippen LogP contribution is -2.03. The average molecular weight is 222 g/mol. The number of rotatable bonds is 4. The van der Waals surface area contributed by atoms with Crippen LogP contribution in [-0.4, -0.2) is 30.0 Å². The van der Waals surface area contributed by atoms with Crippen LogP contribution in [0, 0.1) is 0 Å². The van der Waals surface area contributed by atoms with Gasteiger partial charge < -0.3 is 4.74 Å². The third-order valence-corrected chi connectivity index (χ3v) is 2.82. The lowest BCUT2D eigenvalue weighted by atomic mass is 10.5. The van der Waals surface area contributed by atoms with E-state index in [4.69, 9.17) is 4.74 Å². The maximum atomic E-state index is 11.1. The van der Waals surface area contributed by atoms with Crippen LogP contribution in [0.15, 0.2) is 5.03 Å². The third kappa shape index (κ3) is 2.63. The van der Waals surface area contributed by atoms with Gasteiger partial charge in [0.15, 0.2) is 9.84 Å². The molecule has 1 aromatic heterocycles. The molecule has 0 aliphatic rings. The lowest BCUT2D eigenvalue weighted by Gasteiger charge is -2.00. The highest BCUT2D eigenvalue weighted by molar-refractivity contribution is 7.90. The van der Waals surface area contributed by atoms with Crippen LogP contribution in [-0.2, 0) is 9.84 Å². The minimum Gasteiger partial charge on any atom is -0.475 e. The number of hydrogen-bond donors (Lipinski definition) is 0. The second kappa shape index (κ2) is 4.01. The van der Waals surface area contributed by atoms with Gasteiger partial charge in [0, 0.05) is 6.26 Å². The molecule has 0 radical (unpaired) electrons. The van der Waals surface area contributed by atoms with Crippen molar-refractivity contribution in [3.05, 3.63) is 0 Å². The van der Waals surface area contributed by atoms with Gasteiger partial charge >= 0.3 is 0 Å². The molecule has 1 aromatic rings. The van der Waals surface area contributed by atoms with Crippen molar-refractivity contribution in [2.24, 2.45) is 0 Å². The fraction of sp³-hybridized carbons (Fsp3) is 0.667. The zero-order valence-electron chi connectivity index (χ0n) is 7.35. The smallest absolute Gasteiger partial charge is 0.265 e. The second-order valence-electron chi connectivity index (χ2n) is 2.50. The number of hydrogen-bond acceptors (Lipinski definition) is 6. The largest absolute Gasteiger partial charge is 0.475 e.